The molecule has 1 amide bonds. The maximum absolute atomic E-state index is 14.6. The summed E-state index contributed by atoms with van der Waals surface area (Å²) in [5.41, 5.74) is -1.71. The summed E-state index contributed by atoms with van der Waals surface area (Å²) in [6.07, 6.45) is 0.999. The van der Waals surface area contributed by atoms with Gasteiger partial charge in [-0.2, -0.15) is 0 Å². The topological polar surface area (TPSA) is 66.4 Å². The van der Waals surface area contributed by atoms with Crippen molar-refractivity contribution in [3.63, 3.8) is 0 Å². The summed E-state index contributed by atoms with van der Waals surface area (Å²) >= 11 is 0. The van der Waals surface area contributed by atoms with Gasteiger partial charge in [-0.1, -0.05) is 18.2 Å². The van der Waals surface area contributed by atoms with Gasteiger partial charge in [0.2, 0.25) is 0 Å². The minimum Gasteiger partial charge on any atom is -0.381 e. The average Bonchev–Trinajstić information content (AvgIpc) is 3.61. The van der Waals surface area contributed by atoms with Crippen LogP contribution in [0, 0.1) is 5.82 Å². The molecular formula is C25H30F4N4O2. The van der Waals surface area contributed by atoms with Crippen LogP contribution < -0.4 is 16.2 Å². The summed E-state index contributed by atoms with van der Waals surface area (Å²) in [5, 5.41) is 5.95. The number of rotatable bonds is 8. The number of piperidine rings is 1. The van der Waals surface area contributed by atoms with E-state index in [1.165, 1.54) is 35.9 Å². The van der Waals surface area contributed by atoms with Crippen molar-refractivity contribution in [2.24, 2.45) is 0 Å². The summed E-state index contributed by atoms with van der Waals surface area (Å²) in [7, 11) is 2.02. The van der Waals surface area contributed by atoms with Crippen LogP contribution in [0.3, 0.4) is 0 Å². The molecule has 2 N–H and O–H groups in total. The van der Waals surface area contributed by atoms with Crippen LogP contribution in [0.25, 0.3) is 0 Å². The second-order valence-electron chi connectivity index (χ2n) is 9.64. The van der Waals surface area contributed by atoms with Gasteiger partial charge in [0.05, 0.1) is 28.4 Å². The normalized spacial score (nSPS) is 18.9. The quantitative estimate of drug-likeness (QED) is 0.535. The predicted octanol–water partition coefficient (Wildman–Crippen LogP) is 4.38. The van der Waals surface area contributed by atoms with Crippen LogP contribution in [0.15, 0.2) is 35.3 Å². The number of carbonyl (C=O) groups is 1. The summed E-state index contributed by atoms with van der Waals surface area (Å²) in [5.74, 6) is -1.68. The zero-order valence-corrected chi connectivity index (χ0v) is 19.8. The Morgan fingerprint density at radius 2 is 1.86 bits per heavy atom. The van der Waals surface area contributed by atoms with Crippen LogP contribution in [0.2, 0.25) is 0 Å². The van der Waals surface area contributed by atoms with Crippen molar-refractivity contribution in [1.82, 2.24) is 14.8 Å². The molecule has 2 fully saturated rings. The Balaban J connectivity index is 1.64. The molecule has 1 saturated carbocycles. The third-order valence-corrected chi connectivity index (χ3v) is 7.07. The molecule has 0 spiro atoms. The molecule has 1 aromatic carbocycles. The largest absolute Gasteiger partial charge is 0.381 e. The van der Waals surface area contributed by atoms with Crippen LogP contribution >= 0.6 is 0 Å². The Morgan fingerprint density at radius 3 is 2.46 bits per heavy atom. The molecule has 2 aliphatic rings. The molecule has 0 bridgehead atoms. The maximum atomic E-state index is 14.6. The highest BCUT2D eigenvalue weighted by Crippen LogP contribution is 2.43. The van der Waals surface area contributed by atoms with Crippen molar-refractivity contribution in [2.45, 2.75) is 56.7 Å². The van der Waals surface area contributed by atoms with E-state index in [-0.39, 0.29) is 17.2 Å². The van der Waals surface area contributed by atoms with E-state index in [9.17, 15) is 27.2 Å². The van der Waals surface area contributed by atoms with Gasteiger partial charge in [-0.25, -0.2) is 17.6 Å². The predicted molar refractivity (Wildman–Crippen MR) is 125 cm³/mol. The van der Waals surface area contributed by atoms with Crippen LogP contribution in [0.5, 0.6) is 0 Å². The van der Waals surface area contributed by atoms with Gasteiger partial charge < -0.3 is 20.1 Å². The second kappa shape index (κ2) is 10.0. The fourth-order valence-electron chi connectivity index (χ4n) is 4.58. The van der Waals surface area contributed by atoms with Crippen molar-refractivity contribution in [1.29, 1.82) is 0 Å². The minimum atomic E-state index is -2.98. The van der Waals surface area contributed by atoms with E-state index in [1.54, 1.807) is 0 Å². The zero-order chi connectivity index (χ0) is 25.3. The number of nitrogens with zero attached hydrogens (tertiary/aromatic N) is 2. The van der Waals surface area contributed by atoms with E-state index in [4.69, 9.17) is 0 Å². The fourth-order valence-corrected chi connectivity index (χ4v) is 4.58. The van der Waals surface area contributed by atoms with Gasteiger partial charge in [0.15, 0.2) is 0 Å². The first-order chi connectivity index (χ1) is 16.6. The van der Waals surface area contributed by atoms with Crippen molar-refractivity contribution >= 4 is 11.6 Å². The van der Waals surface area contributed by atoms with Gasteiger partial charge in [0.1, 0.15) is 12.5 Å². The zero-order valence-electron chi connectivity index (χ0n) is 19.8. The molecule has 2 heterocycles. The van der Waals surface area contributed by atoms with E-state index in [2.05, 4.69) is 15.5 Å². The molecule has 0 unspecified atom stereocenters. The first-order valence-corrected chi connectivity index (χ1v) is 11.8. The number of pyridine rings is 1. The molecule has 1 atom stereocenters. The Hall–Kier alpha value is -2.88. The number of aromatic nitrogens is 1. The van der Waals surface area contributed by atoms with Crippen LogP contribution in [0.1, 0.15) is 66.6 Å². The number of hydrogen-bond donors (Lipinski definition) is 2. The van der Waals surface area contributed by atoms with Gasteiger partial charge in [-0.3, -0.25) is 9.59 Å². The number of alkyl halides is 3. The molecule has 0 radical (unpaired) electrons. The van der Waals surface area contributed by atoms with E-state index in [0.29, 0.717) is 18.5 Å². The number of hydrogen-bond acceptors (Lipinski definition) is 4. The fraction of sp³-hybridized carbons (Fsp3) is 0.520. The number of benzene rings is 1. The summed E-state index contributed by atoms with van der Waals surface area (Å²) in [6, 6.07) is 4.09. The lowest BCUT2D eigenvalue weighted by molar-refractivity contribution is 0.0938. The number of amides is 1. The standard InChI is InChI=1S/C25H30F4N4O2/c1-15(17-4-3-5-18(22(17)27)23(28)29)30-24(35)19-13-33(25(14-26)8-9-25)21(34)12-20(19)31-16-6-10-32(2)11-7-16/h3-5,12-13,15-16,23,31H,6-11,14H2,1-2H3,(H,30,35)/t15-/m1/s1. The van der Waals surface area contributed by atoms with Crippen LogP contribution in [-0.4, -0.2) is 48.2 Å². The lowest BCUT2D eigenvalue weighted by atomic mass is 10.0. The molecule has 1 aliphatic heterocycles. The van der Waals surface area contributed by atoms with Crippen molar-refractivity contribution in [3.8, 4) is 0 Å². The van der Waals surface area contributed by atoms with Crippen molar-refractivity contribution in [2.75, 3.05) is 32.1 Å². The molecule has 1 aromatic heterocycles. The maximum Gasteiger partial charge on any atom is 0.266 e. The number of halogens is 4. The highest BCUT2D eigenvalue weighted by Gasteiger charge is 2.46. The lowest BCUT2D eigenvalue weighted by Gasteiger charge is -2.31. The highest BCUT2D eigenvalue weighted by atomic mass is 19.3. The third kappa shape index (κ3) is 5.22. The summed E-state index contributed by atoms with van der Waals surface area (Å²) < 4.78 is 55.9. The molecule has 10 heteroatoms. The SMILES string of the molecule is C[C@@H](NC(=O)c1cn(C2(CF)CC2)c(=O)cc1NC1CCN(C)CC1)c1cccc(C(F)F)c1F. The molecule has 1 aliphatic carbocycles. The first kappa shape index (κ1) is 25.2. The first-order valence-electron chi connectivity index (χ1n) is 11.8. The number of carbonyl (C=O) groups excluding carboxylic acids is 1. The van der Waals surface area contributed by atoms with Crippen LogP contribution in [-0.2, 0) is 5.54 Å². The summed E-state index contributed by atoms with van der Waals surface area (Å²) in [6.45, 7) is 2.49. The van der Waals surface area contributed by atoms with E-state index >= 15 is 0 Å². The highest BCUT2D eigenvalue weighted by molar-refractivity contribution is 5.99. The molecule has 190 valence electrons. The van der Waals surface area contributed by atoms with Gasteiger partial charge in [0.25, 0.3) is 17.9 Å². The van der Waals surface area contributed by atoms with E-state index < -0.39 is 47.5 Å². The number of anilines is 1. The molecule has 4 rings (SSSR count). The lowest BCUT2D eigenvalue weighted by Crippen LogP contribution is -2.39. The number of likely N-dealkylation sites (tertiary alicyclic amines) is 1. The van der Waals surface area contributed by atoms with Gasteiger partial charge in [-0.05, 0) is 52.7 Å². The van der Waals surface area contributed by atoms with Crippen molar-refractivity contribution < 1.29 is 22.4 Å². The summed E-state index contributed by atoms with van der Waals surface area (Å²) in [4.78, 5) is 28.4. The third-order valence-electron chi connectivity index (χ3n) is 7.07. The van der Waals surface area contributed by atoms with Gasteiger partial charge in [0, 0.05) is 23.9 Å². The van der Waals surface area contributed by atoms with E-state index in [1.807, 2.05) is 7.05 Å². The van der Waals surface area contributed by atoms with Crippen LogP contribution in [0.4, 0.5) is 23.2 Å². The number of nitrogens with one attached hydrogen (secondary N) is 2. The Labute approximate surface area is 201 Å². The molecule has 35 heavy (non-hydrogen) atoms. The Bertz CT molecular complexity index is 1140. The molecular weight excluding hydrogens is 464 g/mol. The second-order valence-corrected chi connectivity index (χ2v) is 9.64. The molecule has 1 saturated heterocycles. The Kier molecular flexibility index (Phi) is 7.21. The van der Waals surface area contributed by atoms with Crippen molar-refractivity contribution in [3.05, 3.63) is 63.3 Å². The van der Waals surface area contributed by atoms with Gasteiger partial charge >= 0.3 is 0 Å². The smallest absolute Gasteiger partial charge is 0.266 e. The molecule has 6 nitrogen and oxygen atoms in total. The van der Waals surface area contributed by atoms with E-state index in [0.717, 1.165) is 32.0 Å². The Morgan fingerprint density at radius 1 is 1.20 bits per heavy atom. The van der Waals surface area contributed by atoms with Gasteiger partial charge in [-0.15, -0.1) is 0 Å². The monoisotopic (exact) mass is 494 g/mol. The average molecular weight is 495 g/mol. The minimum absolute atomic E-state index is 0.0432. The molecule has 2 aromatic rings.